The average molecular weight is 2130 g/mol. The number of carbonyl (C=O) groups is 2. The third-order valence-electron chi connectivity index (χ3n) is 15.1. The van der Waals surface area contributed by atoms with Gasteiger partial charge in [0.15, 0.2) is 30.5 Å². The van der Waals surface area contributed by atoms with Crippen LogP contribution < -0.4 is 107 Å². The maximum Gasteiger partial charge on any atom is 1.00 e. The molecule has 0 aliphatic heterocycles. The zero-order valence-corrected chi connectivity index (χ0v) is 89.8. The van der Waals surface area contributed by atoms with Gasteiger partial charge in [0.2, 0.25) is 0 Å². The number of rotatable bonds is 10. The largest absolute Gasteiger partial charge is 1.00 e. The fourth-order valence-electron chi connectivity index (χ4n) is 10.1. The van der Waals surface area contributed by atoms with Crippen LogP contribution in [0, 0.1) is 121 Å². The van der Waals surface area contributed by atoms with Crippen molar-refractivity contribution in [1.82, 2.24) is 22.6 Å². The van der Waals surface area contributed by atoms with Crippen molar-refractivity contribution in [2.24, 2.45) is 0 Å². The molecule has 11 aromatic rings. The van der Waals surface area contributed by atoms with E-state index in [1.807, 2.05) is 109 Å². The Morgan fingerprint density at radius 3 is 1.49 bits per heavy atom. The molecule has 3 N–H and O–H groups in total. The normalized spacial score (nSPS) is 9.46. The molecule has 592 valence electrons. The van der Waals surface area contributed by atoms with E-state index in [1.165, 1.54) is 107 Å². The van der Waals surface area contributed by atoms with Gasteiger partial charge in [-0.15, -0.1) is 42.7 Å². The summed E-state index contributed by atoms with van der Waals surface area (Å²) in [6, 6.07) is 32.6. The van der Waals surface area contributed by atoms with E-state index < -0.39 is 11.9 Å². The molecule has 0 saturated carbocycles. The number of aryl methyl sites for hydroxylation is 12. The summed E-state index contributed by atoms with van der Waals surface area (Å²) in [4.78, 5) is 30.8. The Hall–Kier alpha value is -1.94. The van der Waals surface area contributed by atoms with E-state index in [4.69, 9.17) is 19.1 Å². The SMILES string of the molecule is C=CC.CC.CC.CCBr.CCBr.CCCS/C([S-])=C(\C)[n+]1cccc(C)c1.CCCSc1c(C)c2ccccn2c1C.CC[n+]1cccc(C)c1.CI.Cc1c(C(=O)O)c2c(C)cccn2c1C(=O)O.Cc1c(C)c2c(C)cccn2c1C.Cc1c(S)c(C)n2ccccc12.Cc1cccnc1.[2HH].[2H][B].[Br-].[H-].[K+].[Na+].[OH-].[U]. The molecule has 0 fully saturated rings. The van der Waals surface area contributed by atoms with Gasteiger partial charge in [0.05, 0.1) is 16.6 Å². The van der Waals surface area contributed by atoms with Gasteiger partial charge in [-0.3, -0.25) is 4.98 Å². The van der Waals surface area contributed by atoms with Gasteiger partial charge in [0, 0.05) is 157 Å². The number of allylic oxidation sites excluding steroid dienone is 2. The van der Waals surface area contributed by atoms with Gasteiger partial charge >= 0.3 is 92.9 Å². The number of carboxylic acid groups (broad SMARTS) is 2. The molecule has 109 heavy (non-hydrogen) atoms. The van der Waals surface area contributed by atoms with Crippen LogP contribution in [0.3, 0.4) is 0 Å². The van der Waals surface area contributed by atoms with Gasteiger partial charge in [0.1, 0.15) is 12.2 Å². The third kappa shape index (κ3) is 41.6. The van der Waals surface area contributed by atoms with Crippen molar-refractivity contribution < 1.29 is 166 Å². The Labute approximate surface area is 812 Å². The minimum absolute atomic E-state index is 0. The van der Waals surface area contributed by atoms with Crippen molar-refractivity contribution in [3.63, 3.8) is 0 Å². The molecular weight excluding hydrogens is 2000 g/mol. The van der Waals surface area contributed by atoms with Crippen molar-refractivity contribution in [2.75, 3.05) is 27.1 Å². The molecule has 0 saturated heterocycles. The monoisotopic (exact) mass is 2130 g/mol. The first kappa shape index (κ1) is 120. The van der Waals surface area contributed by atoms with Crippen LogP contribution in [0.4, 0.5) is 0 Å². The first-order valence-electron chi connectivity index (χ1n) is 35.7. The van der Waals surface area contributed by atoms with Crippen molar-refractivity contribution in [1.29, 1.82) is 1.34 Å². The van der Waals surface area contributed by atoms with E-state index in [1.54, 1.807) is 49.3 Å². The molecule has 0 aliphatic rings. The zero-order valence-electron chi connectivity index (χ0n) is 72.3. The maximum atomic E-state index is 11.2. The summed E-state index contributed by atoms with van der Waals surface area (Å²) in [5.41, 5.74) is 21.2. The second-order valence-electron chi connectivity index (χ2n) is 22.7. The zero-order chi connectivity index (χ0) is 81.1. The van der Waals surface area contributed by atoms with Crippen molar-refractivity contribution in [3.05, 3.63) is 260 Å². The molecule has 11 aromatic heterocycles. The van der Waals surface area contributed by atoms with Crippen LogP contribution in [0.25, 0.3) is 27.8 Å². The van der Waals surface area contributed by atoms with Crippen molar-refractivity contribution in [2.45, 2.75) is 195 Å². The minimum atomic E-state index is -1.13. The molecule has 0 aromatic carbocycles. The number of thioether (sulfide) groups is 2. The first-order valence-corrected chi connectivity index (χ1v) is 42.3. The molecule has 0 unspecified atom stereocenters. The van der Waals surface area contributed by atoms with E-state index in [0.29, 0.717) is 5.52 Å². The second kappa shape index (κ2) is 71.4. The van der Waals surface area contributed by atoms with E-state index in [2.05, 4.69) is 304 Å². The Bertz CT molecular complexity index is 4260. The summed E-state index contributed by atoms with van der Waals surface area (Å²) < 4.78 is 18.6. The van der Waals surface area contributed by atoms with Gasteiger partial charge in [-0.2, -0.15) is 4.57 Å². The summed E-state index contributed by atoms with van der Waals surface area (Å²) in [6.07, 6.45) is 24.0. The Kier molecular flexibility index (Phi) is 78.8. The molecule has 11 rings (SSSR count). The predicted octanol–water partition coefficient (Wildman–Crippen LogP) is 15.5. The Balaban J connectivity index is -0.000000131. The van der Waals surface area contributed by atoms with Crippen LogP contribution in [-0.2, 0) is 19.2 Å². The van der Waals surface area contributed by atoms with E-state index in [0.717, 1.165) is 49.8 Å². The topological polar surface area (TPSA) is 143 Å². The number of aromatic nitrogens is 7. The smallest absolute Gasteiger partial charge is 1.00 e. The van der Waals surface area contributed by atoms with Crippen LogP contribution in [0.5, 0.6) is 0 Å². The molecule has 0 aliphatic carbocycles. The predicted molar refractivity (Wildman–Crippen MR) is 485 cm³/mol. The van der Waals surface area contributed by atoms with E-state index in [9.17, 15) is 14.7 Å². The van der Waals surface area contributed by atoms with Gasteiger partial charge < -0.3 is 64.3 Å². The standard InChI is InChI=1S/C13H17NS.C12H11NO4.C12H17NS2.C12H15N.C10H11NS.C8H12N.C6H7N.C3H6.2C2H5Br.2C2H6.CH3I.BH.BrH.K.Na.H2O.U.H2.H/c1-4-9-15-13-10(2)12-7-5-6-8-14(12)11(13)3;1-6-4-3-5-13-9(6)8(11(14)15)7(2)10(13)12(16)17;1-4-8-15-12(14)11(3)13-7-5-6-10(2)9-13;1-8-6-5-7-13-11(4)9(2)10(3)12(8)13;1-7-9-5-3-4-6-11(9)8(2)10(7)12;1-3-9-6-4-5-8(2)7-9;1-6-3-2-4-7-5-6;1-3-2;2*1-2-3;3*1-2;;;;;;;;/h5-8H,4,9H2,1-3H3;3-5H,1-2H3,(H,14,15)(H,16,17);5-7,9H,4,8H2,1-3H3;5-7H,1-4H3;3-6,12H,1-2H3;4-7H,3H2,1-2H3;2-5H,1H3;3H,1H2,2H3;2*2H2,1H3;2*1-2H3;1H3;2*1H;;;1H2;;1H;/q;;;;;+1;;;;;;;;;;2*+1;;;;-1/p-2/b;;12-11+;;;;;;;;;;;;;;;;;;/i;;;;;;;;;;;;;1D;;;;;;1+1;. The number of hydrogen-bond acceptors (Lipinski definition) is 8. The number of nitrogens with zero attached hydrogens (tertiary/aromatic N) is 7. The molecule has 0 spiro atoms. The second-order valence-corrected chi connectivity index (χ2v) is 28.2. The van der Waals surface area contributed by atoms with E-state index in [-0.39, 0.29) is 154 Å². The minimum Gasteiger partial charge on any atom is -1.00 e. The van der Waals surface area contributed by atoms with Gasteiger partial charge in [0.25, 0.3) is 0 Å². The first-order chi connectivity index (χ1) is 50.2. The summed E-state index contributed by atoms with van der Waals surface area (Å²) in [5.74, 6) is 0.0681. The summed E-state index contributed by atoms with van der Waals surface area (Å²) in [7, 11) is 3.75. The van der Waals surface area contributed by atoms with Gasteiger partial charge in [-0.1, -0.05) is 150 Å². The van der Waals surface area contributed by atoms with E-state index >= 15 is 0 Å². The number of hydrogen-bond donors (Lipinski definition) is 3. The Morgan fingerprint density at radius 1 is 0.642 bits per heavy atom. The fraction of sp³-hybridized carbons (Fsp3) is 0.376. The number of halogens is 4. The van der Waals surface area contributed by atoms with Gasteiger partial charge in [-0.05, 0) is 234 Å². The maximum absolute atomic E-state index is 11.2. The quantitative estimate of drug-likeness (QED) is 0.0178. The van der Waals surface area contributed by atoms with Gasteiger partial charge in [-0.25, -0.2) is 14.2 Å². The number of thiol groups is 1. The van der Waals surface area contributed by atoms with Crippen LogP contribution >= 0.6 is 90.6 Å². The number of alkyl halides is 3. The fourth-order valence-corrected chi connectivity index (χ4v) is 12.5. The van der Waals surface area contributed by atoms with Crippen LogP contribution in [0.1, 0.15) is 185 Å². The molecule has 2 radical (unpaired) electrons. The number of aromatic carboxylic acids is 2. The van der Waals surface area contributed by atoms with Crippen molar-refractivity contribution in [3.8, 4) is 0 Å². The molecule has 12 nitrogen and oxygen atoms in total. The molecule has 24 heteroatoms. The summed E-state index contributed by atoms with van der Waals surface area (Å²) in [5, 5.41) is 20.4. The Morgan fingerprint density at radius 2 is 1.09 bits per heavy atom. The molecule has 0 atom stereocenters. The van der Waals surface area contributed by atoms with Crippen molar-refractivity contribution >= 4 is 151 Å². The molecular formula is C85H126BBr3IKN7NaO5S4U. The molecule has 11 heterocycles. The average Bonchev–Trinajstić information content (AvgIpc) is 1.65. The van der Waals surface area contributed by atoms with Crippen LogP contribution in [0.2, 0.25) is 0 Å². The summed E-state index contributed by atoms with van der Waals surface area (Å²) in [6.45, 7) is 53.8. The van der Waals surface area contributed by atoms with Crippen LogP contribution in [0.15, 0.2) is 186 Å². The number of carboxylic acids is 2. The number of pyridine rings is 7. The summed E-state index contributed by atoms with van der Waals surface area (Å²) >= 11 is 22.0. The molecule has 0 amide bonds. The molecule has 0 bridgehead atoms. The number of fused-ring (bicyclic) bond motifs is 4. The van der Waals surface area contributed by atoms with Crippen LogP contribution in [-0.4, -0.2) is 87.0 Å². The third-order valence-corrected chi connectivity index (χ3v) is 19.1.